The molecule has 1 aliphatic rings. The second-order valence-electron chi connectivity index (χ2n) is 8.90. The maximum Gasteiger partial charge on any atom is 0.326 e. The Morgan fingerprint density at radius 2 is 1.71 bits per heavy atom. The van der Waals surface area contributed by atoms with Gasteiger partial charge in [-0.15, -0.1) is 0 Å². The van der Waals surface area contributed by atoms with Crippen LogP contribution in [0.4, 0.5) is 5.69 Å². The molecule has 8 heteroatoms. The molecule has 3 atom stereocenters. The van der Waals surface area contributed by atoms with E-state index in [-0.39, 0.29) is 11.6 Å². The minimum absolute atomic E-state index is 0.199. The van der Waals surface area contributed by atoms with Crippen LogP contribution in [0.25, 0.3) is 10.8 Å². The fourth-order valence-corrected chi connectivity index (χ4v) is 4.64. The molecule has 4 rings (SSSR count). The molecule has 1 heterocycles. The van der Waals surface area contributed by atoms with Crippen molar-refractivity contribution in [3.63, 3.8) is 0 Å². The highest BCUT2D eigenvalue weighted by atomic mass is 16.4. The van der Waals surface area contributed by atoms with Crippen LogP contribution in [-0.4, -0.2) is 53.2 Å². The van der Waals surface area contributed by atoms with Crippen LogP contribution < -0.4 is 15.5 Å². The van der Waals surface area contributed by atoms with Crippen molar-refractivity contribution in [2.24, 2.45) is 0 Å². The molecule has 0 unspecified atom stereocenters. The summed E-state index contributed by atoms with van der Waals surface area (Å²) in [4.78, 5) is 36.7. The van der Waals surface area contributed by atoms with Gasteiger partial charge in [-0.05, 0) is 53.9 Å². The number of benzene rings is 3. The number of anilines is 1. The lowest BCUT2D eigenvalue weighted by atomic mass is 9.99. The number of fused-ring (bicyclic) bond motifs is 1. The Hall–Kier alpha value is -3.91. The van der Waals surface area contributed by atoms with Gasteiger partial charge in [-0.1, -0.05) is 42.5 Å². The fourth-order valence-electron chi connectivity index (χ4n) is 4.64. The number of carboxylic acids is 2. The summed E-state index contributed by atoms with van der Waals surface area (Å²) in [5.41, 5.74) is 2.53. The number of aliphatic carboxylic acids is 2. The Morgan fingerprint density at radius 1 is 1.00 bits per heavy atom. The standard InChI is InChI=1S/C27H29N3O5/c1-17(22-8-4-6-18-5-2-3-7-23(18)22)28-20-13-14-30(16-20)21-11-9-19(10-12-21)26(33)29-24(27(34)35)15-25(31)32/h2-12,17,20,24,28H,13-16H2,1H3,(H,29,33)(H,31,32)(H,34,35)/t17-,20+,24-/m1/s1. The maximum absolute atomic E-state index is 12.4. The van der Waals surface area contributed by atoms with Crippen molar-refractivity contribution in [3.8, 4) is 0 Å². The third kappa shape index (κ3) is 5.78. The van der Waals surface area contributed by atoms with Gasteiger partial charge in [0.15, 0.2) is 0 Å². The van der Waals surface area contributed by atoms with E-state index in [0.29, 0.717) is 6.04 Å². The van der Waals surface area contributed by atoms with E-state index in [1.54, 1.807) is 12.1 Å². The summed E-state index contributed by atoms with van der Waals surface area (Å²) < 4.78 is 0. The average molecular weight is 476 g/mol. The highest BCUT2D eigenvalue weighted by molar-refractivity contribution is 5.97. The van der Waals surface area contributed by atoms with Crippen LogP contribution in [0.2, 0.25) is 0 Å². The first kappa shape index (κ1) is 24.2. The second-order valence-corrected chi connectivity index (χ2v) is 8.90. The normalized spacial score (nSPS) is 17.2. The monoisotopic (exact) mass is 475 g/mol. The van der Waals surface area contributed by atoms with Gasteiger partial charge in [0.2, 0.25) is 0 Å². The topological polar surface area (TPSA) is 119 Å². The first-order valence-electron chi connectivity index (χ1n) is 11.7. The molecule has 0 bridgehead atoms. The van der Waals surface area contributed by atoms with E-state index in [2.05, 4.69) is 64.9 Å². The summed E-state index contributed by atoms with van der Waals surface area (Å²) >= 11 is 0. The van der Waals surface area contributed by atoms with Crippen molar-refractivity contribution in [1.29, 1.82) is 0 Å². The molecule has 1 saturated heterocycles. The SMILES string of the molecule is C[C@@H](N[C@H]1CCN(c2ccc(C(=O)N[C@H](CC(=O)O)C(=O)O)cc2)C1)c1cccc2ccccc12. The van der Waals surface area contributed by atoms with E-state index in [9.17, 15) is 14.4 Å². The number of amides is 1. The summed E-state index contributed by atoms with van der Waals surface area (Å²) in [5, 5.41) is 26.5. The highest BCUT2D eigenvalue weighted by Crippen LogP contribution is 2.27. The van der Waals surface area contributed by atoms with Crippen LogP contribution in [0.3, 0.4) is 0 Å². The fraction of sp³-hybridized carbons (Fsp3) is 0.296. The van der Waals surface area contributed by atoms with E-state index >= 15 is 0 Å². The summed E-state index contributed by atoms with van der Waals surface area (Å²) in [6.45, 7) is 3.90. The predicted molar refractivity (Wildman–Crippen MR) is 134 cm³/mol. The van der Waals surface area contributed by atoms with Crippen molar-refractivity contribution >= 4 is 34.3 Å². The molecule has 8 nitrogen and oxygen atoms in total. The summed E-state index contributed by atoms with van der Waals surface area (Å²) in [5.74, 6) is -3.29. The van der Waals surface area contributed by atoms with Gasteiger partial charge in [-0.2, -0.15) is 0 Å². The largest absolute Gasteiger partial charge is 0.481 e. The van der Waals surface area contributed by atoms with Gasteiger partial charge in [-0.3, -0.25) is 9.59 Å². The molecule has 3 aromatic carbocycles. The number of nitrogens with zero attached hydrogens (tertiary/aromatic N) is 1. The van der Waals surface area contributed by atoms with Gasteiger partial charge >= 0.3 is 11.9 Å². The Labute approximate surface area is 203 Å². The number of nitrogens with one attached hydrogen (secondary N) is 2. The zero-order valence-electron chi connectivity index (χ0n) is 19.5. The van der Waals surface area contributed by atoms with Crippen molar-refractivity contribution < 1.29 is 24.6 Å². The zero-order chi connectivity index (χ0) is 24.9. The van der Waals surface area contributed by atoms with Gasteiger partial charge < -0.3 is 25.7 Å². The number of carbonyl (C=O) groups is 3. The second kappa shape index (κ2) is 10.6. The Morgan fingerprint density at radius 3 is 2.43 bits per heavy atom. The van der Waals surface area contributed by atoms with E-state index in [4.69, 9.17) is 10.2 Å². The van der Waals surface area contributed by atoms with Gasteiger partial charge in [0.25, 0.3) is 5.91 Å². The molecule has 3 aromatic rings. The van der Waals surface area contributed by atoms with Crippen molar-refractivity contribution in [1.82, 2.24) is 10.6 Å². The molecule has 4 N–H and O–H groups in total. The molecule has 0 saturated carbocycles. The lowest BCUT2D eigenvalue weighted by Crippen LogP contribution is -2.42. The van der Waals surface area contributed by atoms with E-state index in [1.807, 2.05) is 12.1 Å². The summed E-state index contributed by atoms with van der Waals surface area (Å²) in [6, 6.07) is 20.7. The van der Waals surface area contributed by atoms with Gasteiger partial charge in [0.05, 0.1) is 6.42 Å². The van der Waals surface area contributed by atoms with Crippen molar-refractivity contribution in [2.75, 3.05) is 18.0 Å². The minimum atomic E-state index is -1.48. The zero-order valence-corrected chi connectivity index (χ0v) is 19.5. The molecule has 182 valence electrons. The quantitative estimate of drug-likeness (QED) is 0.374. The summed E-state index contributed by atoms with van der Waals surface area (Å²) in [6.07, 6.45) is 0.311. The average Bonchev–Trinajstić information content (AvgIpc) is 3.31. The molecule has 0 radical (unpaired) electrons. The number of rotatable bonds is 9. The van der Waals surface area contributed by atoms with Gasteiger partial charge in [-0.25, -0.2) is 4.79 Å². The van der Waals surface area contributed by atoms with Crippen molar-refractivity contribution in [2.45, 2.75) is 37.9 Å². The third-order valence-corrected chi connectivity index (χ3v) is 6.44. The molecule has 0 aliphatic carbocycles. The lowest BCUT2D eigenvalue weighted by Gasteiger charge is -2.23. The van der Waals surface area contributed by atoms with Gasteiger partial charge in [0.1, 0.15) is 6.04 Å². The smallest absolute Gasteiger partial charge is 0.326 e. The molecule has 1 fully saturated rings. The minimum Gasteiger partial charge on any atom is -0.481 e. The van der Waals surface area contributed by atoms with Crippen LogP contribution in [0.5, 0.6) is 0 Å². The first-order valence-corrected chi connectivity index (χ1v) is 11.7. The number of hydrogen-bond donors (Lipinski definition) is 4. The molecule has 1 aliphatic heterocycles. The first-order chi connectivity index (χ1) is 16.8. The van der Waals surface area contributed by atoms with Crippen LogP contribution >= 0.6 is 0 Å². The molecule has 1 amide bonds. The highest BCUT2D eigenvalue weighted by Gasteiger charge is 2.26. The maximum atomic E-state index is 12.4. The third-order valence-electron chi connectivity index (χ3n) is 6.44. The Bertz CT molecular complexity index is 1220. The van der Waals surface area contributed by atoms with Crippen LogP contribution in [0.15, 0.2) is 66.7 Å². The van der Waals surface area contributed by atoms with Crippen LogP contribution in [0.1, 0.15) is 41.7 Å². The molecule has 0 spiro atoms. The van der Waals surface area contributed by atoms with Crippen LogP contribution in [-0.2, 0) is 9.59 Å². The molecule has 0 aromatic heterocycles. The van der Waals surface area contributed by atoms with E-state index in [1.165, 1.54) is 16.3 Å². The Kier molecular flexibility index (Phi) is 7.31. The number of carbonyl (C=O) groups excluding carboxylic acids is 1. The number of hydrogen-bond acceptors (Lipinski definition) is 5. The molecule has 35 heavy (non-hydrogen) atoms. The molecular weight excluding hydrogens is 446 g/mol. The van der Waals surface area contributed by atoms with E-state index < -0.39 is 30.3 Å². The van der Waals surface area contributed by atoms with Crippen LogP contribution in [0, 0.1) is 0 Å². The lowest BCUT2D eigenvalue weighted by molar-refractivity contribution is -0.145. The van der Waals surface area contributed by atoms with E-state index in [0.717, 1.165) is 25.2 Å². The van der Waals surface area contributed by atoms with Crippen molar-refractivity contribution in [3.05, 3.63) is 77.9 Å². The predicted octanol–water partition coefficient (Wildman–Crippen LogP) is 3.43. The summed E-state index contributed by atoms with van der Waals surface area (Å²) in [7, 11) is 0. The Balaban J connectivity index is 1.36. The van der Waals surface area contributed by atoms with Gasteiger partial charge in [0, 0.05) is 36.4 Å². The number of carboxylic acid groups (broad SMARTS) is 2. The molecular formula is C27H29N3O5.